The number of aromatic hydroxyl groups is 1. The molecule has 0 aromatic heterocycles. The lowest BCUT2D eigenvalue weighted by molar-refractivity contribution is -0.134. The van der Waals surface area contributed by atoms with Gasteiger partial charge in [-0.05, 0) is 24.3 Å². The zero-order valence-corrected chi connectivity index (χ0v) is 16.6. The van der Waals surface area contributed by atoms with Crippen LogP contribution in [0.4, 0.5) is 5.69 Å². The number of phenolic OH excluding ortho intramolecular Hbond substituents is 1. The van der Waals surface area contributed by atoms with Gasteiger partial charge in [-0.2, -0.15) is 0 Å². The number of phenols is 1. The van der Waals surface area contributed by atoms with Crippen LogP contribution >= 0.6 is 15.9 Å². The number of anilines is 1. The first-order valence-corrected chi connectivity index (χ1v) is 10.4. The molecule has 0 aliphatic heterocycles. The van der Waals surface area contributed by atoms with E-state index in [-0.39, 0.29) is 11.1 Å². The van der Waals surface area contributed by atoms with E-state index in [1.807, 2.05) is 0 Å². The molecule has 144 valence electrons. The summed E-state index contributed by atoms with van der Waals surface area (Å²) in [5.74, 6) is -3.78. The quantitative estimate of drug-likeness (QED) is 0.498. The molecular formula is C19H14BrNO6S. The molecule has 9 heteroatoms. The Morgan fingerprint density at radius 1 is 1.00 bits per heavy atom. The van der Waals surface area contributed by atoms with E-state index in [0.29, 0.717) is 15.4 Å². The smallest absolute Gasteiger partial charge is 0.319 e. The minimum absolute atomic E-state index is 0.141. The van der Waals surface area contributed by atoms with Gasteiger partial charge < -0.3 is 15.5 Å². The van der Waals surface area contributed by atoms with Crippen molar-refractivity contribution in [2.45, 2.75) is 4.90 Å². The molecule has 3 aromatic carbocycles. The Balaban J connectivity index is 2.15. The first kappa shape index (κ1) is 19.8. The molecule has 7 nitrogen and oxygen atoms in total. The SMILES string of the molecule is O=C(O)CS(=O)(=O)c1cc(NC(=O)c2cccc(Br)c2)c2ccccc2c1O. The number of nitrogens with one attached hydrogen (secondary N) is 1. The fourth-order valence-corrected chi connectivity index (χ4v) is 4.32. The van der Waals surface area contributed by atoms with E-state index in [2.05, 4.69) is 21.2 Å². The average Bonchev–Trinajstić information content (AvgIpc) is 2.62. The second-order valence-electron chi connectivity index (χ2n) is 5.93. The monoisotopic (exact) mass is 463 g/mol. The minimum Gasteiger partial charge on any atom is -0.506 e. The molecule has 0 radical (unpaired) electrons. The van der Waals surface area contributed by atoms with E-state index in [0.717, 1.165) is 6.07 Å². The van der Waals surface area contributed by atoms with Crippen LogP contribution in [0.15, 0.2) is 64.0 Å². The molecule has 28 heavy (non-hydrogen) atoms. The van der Waals surface area contributed by atoms with E-state index >= 15 is 0 Å². The van der Waals surface area contributed by atoms with Gasteiger partial charge in [-0.15, -0.1) is 0 Å². The lowest BCUT2D eigenvalue weighted by Gasteiger charge is -2.14. The number of hydrogen-bond donors (Lipinski definition) is 3. The summed E-state index contributed by atoms with van der Waals surface area (Å²) in [7, 11) is -4.32. The Kier molecular flexibility index (Phi) is 5.39. The summed E-state index contributed by atoms with van der Waals surface area (Å²) in [4.78, 5) is 22.9. The topological polar surface area (TPSA) is 121 Å². The summed E-state index contributed by atoms with van der Waals surface area (Å²) in [5.41, 5.74) is 0.476. The number of carbonyl (C=O) groups excluding carboxylic acids is 1. The van der Waals surface area contributed by atoms with Crippen molar-refractivity contribution in [1.29, 1.82) is 0 Å². The van der Waals surface area contributed by atoms with Crippen molar-refractivity contribution >= 4 is 54.1 Å². The molecule has 3 aromatic rings. The Morgan fingerprint density at radius 3 is 2.32 bits per heavy atom. The number of carboxylic acid groups (broad SMARTS) is 1. The van der Waals surface area contributed by atoms with Crippen LogP contribution in [0.3, 0.4) is 0 Å². The summed E-state index contributed by atoms with van der Waals surface area (Å²) in [6, 6.07) is 14.0. The Bertz CT molecular complexity index is 1210. The third-order valence-electron chi connectivity index (χ3n) is 3.96. The van der Waals surface area contributed by atoms with Crippen LogP contribution in [0.1, 0.15) is 10.4 Å². The van der Waals surface area contributed by atoms with Gasteiger partial charge in [-0.25, -0.2) is 8.42 Å². The van der Waals surface area contributed by atoms with Gasteiger partial charge in [0, 0.05) is 20.8 Å². The molecule has 0 unspecified atom stereocenters. The summed E-state index contributed by atoms with van der Waals surface area (Å²) >= 11 is 3.28. The number of benzene rings is 3. The highest BCUT2D eigenvalue weighted by atomic mass is 79.9. The van der Waals surface area contributed by atoms with Crippen molar-refractivity contribution in [3.63, 3.8) is 0 Å². The molecule has 0 fully saturated rings. The zero-order valence-electron chi connectivity index (χ0n) is 14.2. The average molecular weight is 464 g/mol. The molecule has 3 rings (SSSR count). The van der Waals surface area contributed by atoms with E-state index in [9.17, 15) is 23.1 Å². The second-order valence-corrected chi connectivity index (χ2v) is 8.81. The van der Waals surface area contributed by atoms with E-state index in [4.69, 9.17) is 5.11 Å². The Hall–Kier alpha value is -2.91. The lowest BCUT2D eigenvalue weighted by atomic mass is 10.1. The van der Waals surface area contributed by atoms with Gasteiger partial charge in [-0.1, -0.05) is 46.3 Å². The van der Waals surface area contributed by atoms with Gasteiger partial charge in [0.15, 0.2) is 15.6 Å². The molecule has 0 bridgehead atoms. The molecule has 1 amide bonds. The maximum Gasteiger partial charge on any atom is 0.319 e. The summed E-state index contributed by atoms with van der Waals surface area (Å²) in [5, 5.41) is 22.5. The fourth-order valence-electron chi connectivity index (χ4n) is 2.74. The van der Waals surface area contributed by atoms with Gasteiger partial charge in [0.25, 0.3) is 5.91 Å². The summed E-state index contributed by atoms with van der Waals surface area (Å²) < 4.78 is 25.5. The van der Waals surface area contributed by atoms with Gasteiger partial charge in [-0.3, -0.25) is 9.59 Å². The predicted molar refractivity (Wildman–Crippen MR) is 107 cm³/mol. The van der Waals surface area contributed by atoms with E-state index < -0.39 is 38.1 Å². The van der Waals surface area contributed by atoms with Crippen molar-refractivity contribution in [1.82, 2.24) is 0 Å². The van der Waals surface area contributed by atoms with Gasteiger partial charge in [0.1, 0.15) is 10.6 Å². The van der Waals surface area contributed by atoms with Crippen LogP contribution in [-0.4, -0.2) is 36.3 Å². The van der Waals surface area contributed by atoms with Gasteiger partial charge >= 0.3 is 5.97 Å². The van der Waals surface area contributed by atoms with Crippen molar-refractivity contribution in [2.24, 2.45) is 0 Å². The molecule has 3 N–H and O–H groups in total. The normalized spacial score (nSPS) is 11.3. The van der Waals surface area contributed by atoms with Gasteiger partial charge in [0.2, 0.25) is 0 Å². The van der Waals surface area contributed by atoms with E-state index in [1.54, 1.807) is 42.5 Å². The predicted octanol–water partition coefficient (Wildman–Crippen LogP) is 3.42. The number of hydrogen-bond acceptors (Lipinski definition) is 5. The number of amides is 1. The van der Waals surface area contributed by atoms with Crippen LogP contribution in [0.2, 0.25) is 0 Å². The largest absolute Gasteiger partial charge is 0.506 e. The summed E-state index contributed by atoms with van der Waals surface area (Å²) in [6.07, 6.45) is 0. The number of sulfone groups is 1. The molecule has 0 spiro atoms. The highest BCUT2D eigenvalue weighted by Gasteiger charge is 2.25. The standard InChI is InChI=1S/C19H14BrNO6S/c20-12-5-3-4-11(8-12)19(25)21-15-9-16(28(26,27)10-17(22)23)18(24)14-7-2-1-6-13(14)15/h1-9,24H,10H2,(H,21,25)(H,22,23). The molecular weight excluding hydrogens is 450 g/mol. The number of rotatable bonds is 5. The Morgan fingerprint density at radius 2 is 1.68 bits per heavy atom. The number of fused-ring (bicyclic) bond motifs is 1. The number of halogens is 1. The maximum atomic E-state index is 12.6. The van der Waals surface area contributed by atoms with Crippen LogP contribution in [0.5, 0.6) is 5.75 Å². The molecule has 0 saturated heterocycles. The molecule has 0 saturated carbocycles. The highest BCUT2D eigenvalue weighted by molar-refractivity contribution is 9.10. The molecule has 0 atom stereocenters. The highest BCUT2D eigenvalue weighted by Crippen LogP contribution is 2.37. The number of aliphatic carboxylic acids is 1. The van der Waals surface area contributed by atoms with Crippen molar-refractivity contribution in [2.75, 3.05) is 11.1 Å². The van der Waals surface area contributed by atoms with Crippen LogP contribution in [0.25, 0.3) is 10.8 Å². The number of carboxylic acids is 1. The molecule has 0 heterocycles. The number of carbonyl (C=O) groups is 2. The second kappa shape index (κ2) is 7.61. The molecule has 0 aliphatic carbocycles. The zero-order chi connectivity index (χ0) is 20.5. The van der Waals surface area contributed by atoms with Crippen LogP contribution in [-0.2, 0) is 14.6 Å². The van der Waals surface area contributed by atoms with Crippen LogP contribution in [0, 0.1) is 0 Å². The third kappa shape index (κ3) is 4.00. The summed E-state index contributed by atoms with van der Waals surface area (Å²) in [6.45, 7) is 0. The molecule has 0 aliphatic rings. The lowest BCUT2D eigenvalue weighted by Crippen LogP contribution is -2.17. The maximum absolute atomic E-state index is 12.6. The van der Waals surface area contributed by atoms with Crippen molar-refractivity contribution in [3.05, 3.63) is 64.6 Å². The first-order chi connectivity index (χ1) is 13.2. The van der Waals surface area contributed by atoms with Crippen molar-refractivity contribution < 1.29 is 28.2 Å². The van der Waals surface area contributed by atoms with E-state index in [1.165, 1.54) is 6.07 Å². The first-order valence-electron chi connectivity index (χ1n) is 7.95. The Labute approximate surface area is 168 Å². The third-order valence-corrected chi connectivity index (χ3v) is 6.07. The fraction of sp³-hybridized carbons (Fsp3) is 0.0526. The van der Waals surface area contributed by atoms with Crippen molar-refractivity contribution in [3.8, 4) is 5.75 Å². The van der Waals surface area contributed by atoms with Crippen LogP contribution < -0.4 is 5.32 Å². The minimum atomic E-state index is -4.32. The van der Waals surface area contributed by atoms with Gasteiger partial charge in [0.05, 0.1) is 5.69 Å².